The number of ether oxygens (including phenoxy) is 9. The molecular formula is C56H68O15. The highest BCUT2D eigenvalue weighted by Gasteiger charge is 2.78. The van der Waals surface area contributed by atoms with Gasteiger partial charge < -0.3 is 52.8 Å². The highest BCUT2D eigenvalue weighted by atomic mass is 16.8. The molecule has 1 aliphatic carbocycles. The molecule has 15 nitrogen and oxygen atoms in total. The van der Waals surface area contributed by atoms with Gasteiger partial charge in [0.1, 0.15) is 52.8 Å². The molecule has 382 valence electrons. The van der Waals surface area contributed by atoms with E-state index in [1.165, 1.54) is 31.4 Å². The lowest BCUT2D eigenvalue weighted by Crippen LogP contribution is -2.68. The van der Waals surface area contributed by atoms with Crippen LogP contribution in [0.5, 0.6) is 23.0 Å². The average molecular weight is 981 g/mol. The van der Waals surface area contributed by atoms with Crippen LogP contribution in [0.1, 0.15) is 140 Å². The summed E-state index contributed by atoms with van der Waals surface area (Å²) in [4.78, 5) is 58.0. The zero-order valence-corrected chi connectivity index (χ0v) is 42.9. The van der Waals surface area contributed by atoms with Gasteiger partial charge in [-0.15, -0.1) is 0 Å². The number of Topliss-reactive ketones (excluding diaryl/α,β-unsaturated/α-hetero) is 2. The van der Waals surface area contributed by atoms with Crippen LogP contribution in [-0.2, 0) is 39.7 Å². The third-order valence-corrected chi connectivity index (χ3v) is 14.6. The van der Waals surface area contributed by atoms with Crippen LogP contribution in [0.2, 0.25) is 0 Å². The quantitative estimate of drug-likeness (QED) is 0.0889. The van der Waals surface area contributed by atoms with Gasteiger partial charge in [-0.3, -0.25) is 9.59 Å². The van der Waals surface area contributed by atoms with E-state index in [0.717, 1.165) is 11.1 Å². The minimum Gasteiger partial charge on any atom is -0.482 e. The molecule has 9 atom stereocenters. The molecule has 0 aromatic heterocycles. The Morgan fingerprint density at radius 3 is 2.27 bits per heavy atom. The maximum atomic E-state index is 15.9. The lowest BCUT2D eigenvalue weighted by molar-refractivity contribution is -0.373. The molecule has 6 aliphatic rings. The lowest BCUT2D eigenvalue weighted by Gasteiger charge is -2.52. The van der Waals surface area contributed by atoms with Crippen molar-refractivity contribution < 1.29 is 72.0 Å². The van der Waals surface area contributed by atoms with Crippen LogP contribution in [0.25, 0.3) is 6.08 Å². The van der Waals surface area contributed by atoms with Gasteiger partial charge in [0.15, 0.2) is 34.3 Å². The number of hydrogen-bond donors (Lipinski definition) is 2. The van der Waals surface area contributed by atoms with E-state index in [-0.39, 0.29) is 71.2 Å². The number of esters is 2. The smallest absolute Gasteiger partial charge is 0.343 e. The second kappa shape index (κ2) is 19.2. The summed E-state index contributed by atoms with van der Waals surface area (Å²) in [6.45, 7) is 20.6. The highest BCUT2D eigenvalue weighted by Crippen LogP contribution is 2.65. The number of aliphatic hydroxyl groups is 2. The minimum absolute atomic E-state index is 0.0136. The number of fused-ring (bicyclic) bond motifs is 3. The Labute approximate surface area is 415 Å². The molecular weight excluding hydrogens is 913 g/mol. The second-order valence-corrected chi connectivity index (χ2v) is 21.2. The largest absolute Gasteiger partial charge is 0.482 e. The van der Waals surface area contributed by atoms with E-state index in [2.05, 4.69) is 6.08 Å². The van der Waals surface area contributed by atoms with E-state index in [0.29, 0.717) is 36.1 Å². The van der Waals surface area contributed by atoms with Gasteiger partial charge in [0.2, 0.25) is 6.29 Å². The predicted octanol–water partition coefficient (Wildman–Crippen LogP) is 8.60. The Kier molecular flexibility index (Phi) is 14.0. The SMILES string of the molecule is C/C=C1/C(=O)c2c(OC(=O)c3ccc(O[C@@H]4O[C@@H]5COC(C)(C)O[C@H]5[C@H](O)[C@H]4O)cc3)c3c(c(CC=C(C)C)c2OC12[C@@H]1CCC(=O)C2(C/C=C(/C)C(=O)OC)OC1(C)C)OC(C)(CCC=C(C)C)C=C3. The van der Waals surface area contributed by atoms with Crippen molar-refractivity contribution in [1.29, 1.82) is 0 Å². The minimum atomic E-state index is -1.76. The maximum absolute atomic E-state index is 15.9. The van der Waals surface area contributed by atoms with Gasteiger partial charge >= 0.3 is 11.9 Å². The van der Waals surface area contributed by atoms with Crippen molar-refractivity contribution in [2.75, 3.05) is 13.7 Å². The van der Waals surface area contributed by atoms with Crippen molar-refractivity contribution in [2.24, 2.45) is 5.92 Å². The van der Waals surface area contributed by atoms with Crippen molar-refractivity contribution in [3.8, 4) is 23.0 Å². The van der Waals surface area contributed by atoms with E-state index in [1.54, 1.807) is 39.8 Å². The van der Waals surface area contributed by atoms with Gasteiger partial charge in [-0.2, -0.15) is 0 Å². The zero-order chi connectivity index (χ0) is 51.6. The molecule has 8 rings (SSSR count). The van der Waals surface area contributed by atoms with Gasteiger partial charge in [-0.25, -0.2) is 9.59 Å². The molecule has 2 aromatic rings. The number of rotatable bonds is 12. The predicted molar refractivity (Wildman–Crippen MR) is 261 cm³/mol. The number of aliphatic hydroxyl groups excluding tert-OH is 2. The Hall–Kier alpha value is -5.42. The summed E-state index contributed by atoms with van der Waals surface area (Å²) in [6.07, 6.45) is 7.49. The third kappa shape index (κ3) is 9.22. The van der Waals surface area contributed by atoms with Crippen molar-refractivity contribution >= 4 is 29.6 Å². The summed E-state index contributed by atoms with van der Waals surface area (Å²) < 4.78 is 56.5. The molecule has 1 spiro atoms. The van der Waals surface area contributed by atoms with E-state index in [4.69, 9.17) is 42.6 Å². The van der Waals surface area contributed by atoms with Gasteiger partial charge in [0, 0.05) is 35.5 Å². The van der Waals surface area contributed by atoms with Gasteiger partial charge in [-0.05, 0) is 138 Å². The molecule has 3 unspecified atom stereocenters. The lowest BCUT2D eigenvalue weighted by atomic mass is 9.57. The van der Waals surface area contributed by atoms with Crippen LogP contribution in [0.3, 0.4) is 0 Å². The maximum Gasteiger partial charge on any atom is 0.343 e. The van der Waals surface area contributed by atoms with Gasteiger partial charge in [-0.1, -0.05) is 35.5 Å². The third-order valence-electron chi connectivity index (χ3n) is 14.6. The summed E-state index contributed by atoms with van der Waals surface area (Å²) in [5, 5.41) is 21.9. The van der Waals surface area contributed by atoms with Crippen LogP contribution in [0.15, 0.2) is 76.9 Å². The number of carbonyl (C=O) groups excluding carboxylic acids is 4. The Balaban J connectivity index is 1.24. The molecule has 2 N–H and O–H groups in total. The van der Waals surface area contributed by atoms with Crippen LogP contribution in [0.4, 0.5) is 0 Å². The first-order chi connectivity index (χ1) is 33.4. The number of hydrogen-bond acceptors (Lipinski definition) is 15. The first kappa shape index (κ1) is 51.9. The van der Waals surface area contributed by atoms with Crippen LogP contribution in [-0.4, -0.2) is 106 Å². The van der Waals surface area contributed by atoms with Gasteiger partial charge in [0.05, 0.1) is 30.4 Å². The molecule has 71 heavy (non-hydrogen) atoms. The normalized spacial score (nSPS) is 31.6. The molecule has 5 heterocycles. The van der Waals surface area contributed by atoms with E-state index < -0.39 is 82.5 Å². The molecule has 0 radical (unpaired) electrons. The summed E-state index contributed by atoms with van der Waals surface area (Å²) in [7, 11) is 1.28. The highest BCUT2D eigenvalue weighted by molar-refractivity contribution is 6.18. The first-order valence-corrected chi connectivity index (χ1v) is 24.5. The fraction of sp³-hybridized carbons (Fsp3) is 0.536. The molecule has 2 aromatic carbocycles. The molecule has 4 fully saturated rings. The molecule has 15 heteroatoms. The standard InChI is InChI=1S/C56H68O15/c1-13-37-42(58)41-46(67-50(62)33-17-19-34(20-18-33)65-51-44(60)43(59)48-38(66-51)29-64-53(9,10)68-48)36-25-27-54(11,26-14-15-30(2)3)69-45(36)35(21-16-31(4)5)47(41)70-56(37)39-22-23-40(57)55(56,71-52(39,7)8)28-24-32(6)49(61)63-12/h13,15-20,24-25,27,38-39,43-44,48,51,59-60H,14,21-23,26,28-29H2,1-12H3/b32-24-,37-13-/t38-,39-,43-,44-,48-,51-,54?,55?,56?/m1/s1. The van der Waals surface area contributed by atoms with E-state index in [1.807, 2.05) is 66.7 Å². The number of ketones is 2. The fourth-order valence-corrected chi connectivity index (χ4v) is 11.1. The fourth-order valence-electron chi connectivity index (χ4n) is 11.1. The molecule has 5 aliphatic heterocycles. The molecule has 3 saturated heterocycles. The summed E-state index contributed by atoms with van der Waals surface area (Å²) in [5.74, 6) is -3.08. The van der Waals surface area contributed by atoms with Crippen molar-refractivity contribution in [3.63, 3.8) is 0 Å². The Morgan fingerprint density at radius 2 is 1.61 bits per heavy atom. The van der Waals surface area contributed by atoms with Crippen LogP contribution >= 0.6 is 0 Å². The first-order valence-electron chi connectivity index (χ1n) is 24.5. The van der Waals surface area contributed by atoms with Crippen molar-refractivity contribution in [1.82, 2.24) is 0 Å². The van der Waals surface area contributed by atoms with Crippen molar-refractivity contribution in [2.45, 2.75) is 174 Å². The number of carbonyl (C=O) groups is 4. The second-order valence-electron chi connectivity index (χ2n) is 21.2. The monoisotopic (exact) mass is 980 g/mol. The Bertz CT molecular complexity index is 2640. The van der Waals surface area contributed by atoms with E-state index in [9.17, 15) is 24.6 Å². The van der Waals surface area contributed by atoms with Gasteiger partial charge in [0.25, 0.3) is 0 Å². The molecule has 0 amide bonds. The molecule has 2 bridgehead atoms. The van der Waals surface area contributed by atoms with E-state index >= 15 is 4.79 Å². The summed E-state index contributed by atoms with van der Waals surface area (Å²) in [5.41, 5.74) is -1.74. The summed E-state index contributed by atoms with van der Waals surface area (Å²) >= 11 is 0. The number of benzene rings is 2. The topological polar surface area (TPSA) is 192 Å². The summed E-state index contributed by atoms with van der Waals surface area (Å²) in [6, 6.07) is 5.94. The zero-order valence-electron chi connectivity index (χ0n) is 42.9. The number of methoxy groups -OCH3 is 1. The van der Waals surface area contributed by atoms with Crippen molar-refractivity contribution in [3.05, 3.63) is 99.2 Å². The number of allylic oxidation sites excluding steroid dienone is 5. The van der Waals surface area contributed by atoms with Crippen LogP contribution < -0.4 is 18.9 Å². The molecule has 1 saturated carbocycles. The average Bonchev–Trinajstić information content (AvgIpc) is 3.42. The van der Waals surface area contributed by atoms with Crippen LogP contribution in [0, 0.1) is 5.92 Å². The Morgan fingerprint density at radius 1 is 0.901 bits per heavy atom.